The van der Waals surface area contributed by atoms with Gasteiger partial charge in [-0.05, 0) is 43.2 Å². The molecule has 0 spiro atoms. The van der Waals surface area contributed by atoms with Crippen molar-refractivity contribution in [3.8, 4) is 0 Å². The average molecular weight is 287 g/mol. The zero-order valence-electron chi connectivity index (χ0n) is 10.9. The van der Waals surface area contributed by atoms with Crippen LogP contribution in [0.3, 0.4) is 0 Å². The maximum atomic E-state index is 12.6. The summed E-state index contributed by atoms with van der Waals surface area (Å²) in [5, 5.41) is 4.92. The maximum absolute atomic E-state index is 12.6. The van der Waals surface area contributed by atoms with E-state index in [1.165, 1.54) is 11.3 Å². The Hall–Kier alpha value is -0.390. The summed E-state index contributed by atoms with van der Waals surface area (Å²) < 4.78 is 25.8. The molecular formula is C13H21NO2S2. The highest BCUT2D eigenvalue weighted by Crippen LogP contribution is 2.33. The van der Waals surface area contributed by atoms with E-state index >= 15 is 0 Å². The zero-order chi connectivity index (χ0) is 13.2. The van der Waals surface area contributed by atoms with Crippen molar-refractivity contribution in [1.82, 2.24) is 5.32 Å². The van der Waals surface area contributed by atoms with E-state index in [1.54, 1.807) is 6.07 Å². The Labute approximate surface area is 114 Å². The van der Waals surface area contributed by atoms with Gasteiger partial charge in [0.1, 0.15) is 4.21 Å². The standard InChI is InChI=1S/C13H21NO2S2/c1-3-14-11-7-6-10(2)9-12(11)18(15,16)13-5-4-8-17-13/h4-5,8,10-12,14H,3,6-7,9H2,1-2H3. The molecule has 2 rings (SSSR count). The smallest absolute Gasteiger partial charge is 0.192 e. The molecule has 0 bridgehead atoms. The normalized spacial score (nSPS) is 29.3. The highest BCUT2D eigenvalue weighted by molar-refractivity contribution is 7.94. The third-order valence-corrected chi connectivity index (χ3v) is 7.36. The van der Waals surface area contributed by atoms with E-state index in [-0.39, 0.29) is 11.3 Å². The van der Waals surface area contributed by atoms with Crippen LogP contribution in [0, 0.1) is 5.92 Å². The molecule has 3 nitrogen and oxygen atoms in total. The summed E-state index contributed by atoms with van der Waals surface area (Å²) in [7, 11) is -3.17. The van der Waals surface area contributed by atoms with E-state index in [0.29, 0.717) is 10.1 Å². The third-order valence-electron chi connectivity index (χ3n) is 3.69. The number of hydrogen-bond donors (Lipinski definition) is 1. The predicted octanol–water partition coefficient (Wildman–Crippen LogP) is 2.69. The van der Waals surface area contributed by atoms with Crippen molar-refractivity contribution in [1.29, 1.82) is 0 Å². The molecule has 1 aliphatic carbocycles. The second kappa shape index (κ2) is 5.72. The molecule has 0 radical (unpaired) electrons. The van der Waals surface area contributed by atoms with Crippen LogP contribution in [0.4, 0.5) is 0 Å². The van der Waals surface area contributed by atoms with Crippen LogP contribution in [0.5, 0.6) is 0 Å². The van der Waals surface area contributed by atoms with Gasteiger partial charge >= 0.3 is 0 Å². The fourth-order valence-electron chi connectivity index (χ4n) is 2.74. The molecule has 0 aliphatic heterocycles. The van der Waals surface area contributed by atoms with Crippen molar-refractivity contribution in [2.45, 2.75) is 48.6 Å². The first-order chi connectivity index (χ1) is 8.55. The molecule has 3 unspecified atom stereocenters. The number of thiophene rings is 1. The average Bonchev–Trinajstić information content (AvgIpc) is 2.86. The Morgan fingerprint density at radius 1 is 1.44 bits per heavy atom. The minimum atomic E-state index is -3.17. The molecule has 3 atom stereocenters. The largest absolute Gasteiger partial charge is 0.313 e. The molecule has 0 amide bonds. The first-order valence-electron chi connectivity index (χ1n) is 6.56. The van der Waals surface area contributed by atoms with E-state index in [2.05, 4.69) is 12.2 Å². The fraction of sp³-hybridized carbons (Fsp3) is 0.692. The summed E-state index contributed by atoms with van der Waals surface area (Å²) in [6.07, 6.45) is 2.86. The number of hydrogen-bond acceptors (Lipinski definition) is 4. The lowest BCUT2D eigenvalue weighted by Crippen LogP contribution is -2.47. The first kappa shape index (κ1) is 14.0. The third kappa shape index (κ3) is 2.78. The lowest BCUT2D eigenvalue weighted by Gasteiger charge is -2.34. The second-order valence-corrected chi connectivity index (χ2v) is 8.44. The Balaban J connectivity index is 2.27. The predicted molar refractivity (Wildman–Crippen MR) is 75.8 cm³/mol. The van der Waals surface area contributed by atoms with Crippen molar-refractivity contribution >= 4 is 21.2 Å². The molecule has 1 heterocycles. The summed E-state index contributed by atoms with van der Waals surface area (Å²) in [6.45, 7) is 5.02. The Kier molecular flexibility index (Phi) is 4.45. The topological polar surface area (TPSA) is 46.2 Å². The SMILES string of the molecule is CCNC1CCC(C)CC1S(=O)(=O)c1cccs1. The van der Waals surface area contributed by atoms with E-state index < -0.39 is 9.84 Å². The molecule has 0 aromatic carbocycles. The van der Waals surface area contributed by atoms with Gasteiger partial charge in [-0.25, -0.2) is 8.42 Å². The van der Waals surface area contributed by atoms with Gasteiger partial charge in [-0.3, -0.25) is 0 Å². The molecule has 1 aromatic heterocycles. The first-order valence-corrected chi connectivity index (χ1v) is 8.99. The van der Waals surface area contributed by atoms with Crippen LogP contribution in [0.1, 0.15) is 33.1 Å². The molecule has 1 N–H and O–H groups in total. The summed E-state index contributed by atoms with van der Waals surface area (Å²) in [5.41, 5.74) is 0. The Morgan fingerprint density at radius 2 is 2.22 bits per heavy atom. The minimum absolute atomic E-state index is 0.110. The molecule has 0 saturated heterocycles. The summed E-state index contributed by atoms with van der Waals surface area (Å²) in [5.74, 6) is 0.500. The van der Waals surface area contributed by atoms with Gasteiger partial charge in [0.2, 0.25) is 0 Å². The second-order valence-electron chi connectivity index (χ2n) is 5.10. The van der Waals surface area contributed by atoms with Gasteiger partial charge in [-0.1, -0.05) is 19.9 Å². The Bertz CT molecular complexity index is 467. The number of rotatable bonds is 4. The summed E-state index contributed by atoms with van der Waals surface area (Å²) in [6, 6.07) is 3.65. The van der Waals surface area contributed by atoms with Crippen molar-refractivity contribution in [2.75, 3.05) is 6.54 Å². The van der Waals surface area contributed by atoms with Gasteiger partial charge in [0, 0.05) is 6.04 Å². The maximum Gasteiger partial charge on any atom is 0.192 e. The lowest BCUT2D eigenvalue weighted by atomic mass is 9.87. The Morgan fingerprint density at radius 3 is 2.83 bits per heavy atom. The molecule has 1 aromatic rings. The van der Waals surface area contributed by atoms with Gasteiger partial charge in [-0.2, -0.15) is 0 Å². The van der Waals surface area contributed by atoms with Crippen LogP contribution in [0.25, 0.3) is 0 Å². The van der Waals surface area contributed by atoms with Gasteiger partial charge in [0.25, 0.3) is 0 Å². The molecular weight excluding hydrogens is 266 g/mol. The van der Waals surface area contributed by atoms with Gasteiger partial charge < -0.3 is 5.32 Å². The van der Waals surface area contributed by atoms with Crippen molar-refractivity contribution in [3.63, 3.8) is 0 Å². The monoisotopic (exact) mass is 287 g/mol. The van der Waals surface area contributed by atoms with Crippen molar-refractivity contribution in [3.05, 3.63) is 17.5 Å². The highest BCUT2D eigenvalue weighted by Gasteiger charge is 2.38. The fourth-order valence-corrected chi connectivity index (χ4v) is 6.08. The summed E-state index contributed by atoms with van der Waals surface area (Å²) >= 11 is 1.33. The van der Waals surface area contributed by atoms with Crippen LogP contribution in [-0.2, 0) is 9.84 Å². The van der Waals surface area contributed by atoms with Crippen LogP contribution in [-0.4, -0.2) is 26.3 Å². The highest BCUT2D eigenvalue weighted by atomic mass is 32.2. The molecule has 1 aliphatic rings. The van der Waals surface area contributed by atoms with E-state index in [1.807, 2.05) is 18.4 Å². The van der Waals surface area contributed by atoms with E-state index in [9.17, 15) is 8.42 Å². The van der Waals surface area contributed by atoms with Crippen LogP contribution in [0.2, 0.25) is 0 Å². The molecule has 102 valence electrons. The number of sulfone groups is 1. The van der Waals surface area contributed by atoms with Gasteiger partial charge in [0.15, 0.2) is 9.84 Å². The molecule has 1 fully saturated rings. The van der Waals surface area contributed by atoms with Gasteiger partial charge in [0.05, 0.1) is 5.25 Å². The van der Waals surface area contributed by atoms with Crippen LogP contribution in [0.15, 0.2) is 21.7 Å². The van der Waals surface area contributed by atoms with Crippen LogP contribution >= 0.6 is 11.3 Å². The number of nitrogens with one attached hydrogen (secondary N) is 1. The minimum Gasteiger partial charge on any atom is -0.313 e. The quantitative estimate of drug-likeness (QED) is 0.926. The molecule has 18 heavy (non-hydrogen) atoms. The van der Waals surface area contributed by atoms with E-state index in [4.69, 9.17) is 0 Å². The lowest BCUT2D eigenvalue weighted by molar-refractivity contribution is 0.311. The van der Waals surface area contributed by atoms with Crippen LogP contribution < -0.4 is 5.32 Å². The van der Waals surface area contributed by atoms with Crippen molar-refractivity contribution in [2.24, 2.45) is 5.92 Å². The van der Waals surface area contributed by atoms with Gasteiger partial charge in [-0.15, -0.1) is 11.3 Å². The molecule has 5 heteroatoms. The van der Waals surface area contributed by atoms with E-state index in [0.717, 1.165) is 25.8 Å². The van der Waals surface area contributed by atoms with Crippen molar-refractivity contribution < 1.29 is 8.42 Å². The molecule has 1 saturated carbocycles. The summed E-state index contributed by atoms with van der Waals surface area (Å²) in [4.78, 5) is 0. The zero-order valence-corrected chi connectivity index (χ0v) is 12.6.